The number of benzene rings is 1. The fraction of sp³-hybridized carbons (Fsp3) is 0.500. The van der Waals surface area contributed by atoms with Gasteiger partial charge in [0.25, 0.3) is 0 Å². The van der Waals surface area contributed by atoms with Gasteiger partial charge in [0.2, 0.25) is 0 Å². The molecule has 30 heavy (non-hydrogen) atoms. The summed E-state index contributed by atoms with van der Waals surface area (Å²) in [6.07, 6.45) is 7.42. The molecule has 3 heterocycles. The number of rotatable bonds is 7. The number of carboxylic acids is 1. The molecule has 2 aliphatic heterocycles. The van der Waals surface area contributed by atoms with Crippen molar-refractivity contribution in [1.82, 2.24) is 14.9 Å². The Morgan fingerprint density at radius 3 is 2.83 bits per heavy atom. The normalized spacial score (nSPS) is 17.5. The van der Waals surface area contributed by atoms with Gasteiger partial charge in [-0.3, -0.25) is 9.69 Å². The van der Waals surface area contributed by atoms with E-state index >= 15 is 0 Å². The number of hydrogen-bond donors (Lipinski definition) is 2. The number of nitrogens with one attached hydrogen (secondary N) is 1. The molecule has 1 atom stereocenters. The fourth-order valence-electron chi connectivity index (χ4n) is 4.10. The number of fused-ring (bicyclic) bond motifs is 2. The monoisotopic (exact) mass is 428 g/mol. The van der Waals surface area contributed by atoms with Crippen LogP contribution >= 0.6 is 11.8 Å². The lowest BCUT2D eigenvalue weighted by atomic mass is 9.89. The van der Waals surface area contributed by atoms with E-state index in [-0.39, 0.29) is 5.92 Å². The molecule has 0 saturated carbocycles. The third-order valence-corrected chi connectivity index (χ3v) is 7.09. The van der Waals surface area contributed by atoms with E-state index in [0.717, 1.165) is 78.1 Å². The lowest BCUT2D eigenvalue weighted by Crippen LogP contribution is -2.33. The van der Waals surface area contributed by atoms with E-state index < -0.39 is 5.97 Å². The first kappa shape index (κ1) is 20.9. The van der Waals surface area contributed by atoms with Crippen LogP contribution in [0.4, 0.5) is 11.5 Å². The van der Waals surface area contributed by atoms with Gasteiger partial charge in [-0.1, -0.05) is 18.7 Å². The lowest BCUT2D eigenvalue weighted by molar-refractivity contribution is -0.141. The molecule has 0 amide bonds. The van der Waals surface area contributed by atoms with Gasteiger partial charge in [0, 0.05) is 29.4 Å². The number of aromatic nitrogens is 2. The number of anilines is 2. The Morgan fingerprint density at radius 2 is 2.10 bits per heavy atom. The number of likely N-dealkylation sites (tertiary alicyclic amines) is 1. The molecule has 1 fully saturated rings. The van der Waals surface area contributed by atoms with Crippen LogP contribution in [-0.2, 0) is 11.3 Å². The van der Waals surface area contributed by atoms with Crippen LogP contribution in [0.1, 0.15) is 38.2 Å². The second kappa shape index (κ2) is 9.22. The van der Waals surface area contributed by atoms with Crippen molar-refractivity contribution in [3.63, 3.8) is 0 Å². The zero-order chi connectivity index (χ0) is 21.1. The first-order valence-corrected chi connectivity index (χ1v) is 11.3. The Kier molecular flexibility index (Phi) is 6.43. The van der Waals surface area contributed by atoms with Crippen LogP contribution in [0.3, 0.4) is 0 Å². The van der Waals surface area contributed by atoms with Gasteiger partial charge < -0.3 is 15.2 Å². The molecule has 1 unspecified atom stereocenters. The quantitative estimate of drug-likeness (QED) is 0.572. The highest BCUT2D eigenvalue weighted by molar-refractivity contribution is 7.99. The number of nitrogens with zero attached hydrogens (tertiary/aromatic N) is 3. The van der Waals surface area contributed by atoms with Crippen molar-refractivity contribution in [2.75, 3.05) is 25.5 Å². The van der Waals surface area contributed by atoms with Gasteiger partial charge in [-0.2, -0.15) is 0 Å². The second-order valence-corrected chi connectivity index (χ2v) is 9.16. The number of carbonyl (C=O) groups is 1. The topological polar surface area (TPSA) is 87.6 Å². The van der Waals surface area contributed by atoms with Crippen molar-refractivity contribution in [2.24, 2.45) is 11.8 Å². The van der Waals surface area contributed by atoms with E-state index in [4.69, 9.17) is 9.84 Å². The Morgan fingerprint density at radius 1 is 1.33 bits per heavy atom. The number of methoxy groups -OCH3 is 1. The van der Waals surface area contributed by atoms with Crippen LogP contribution in [0.15, 0.2) is 34.4 Å². The zero-order valence-corrected chi connectivity index (χ0v) is 18.2. The van der Waals surface area contributed by atoms with E-state index in [1.54, 1.807) is 38.2 Å². The first-order valence-electron chi connectivity index (χ1n) is 10.5. The van der Waals surface area contributed by atoms with Crippen LogP contribution in [0, 0.1) is 11.8 Å². The number of piperidine rings is 1. The molecule has 8 heteroatoms. The van der Waals surface area contributed by atoms with Crippen LogP contribution in [0.2, 0.25) is 0 Å². The van der Waals surface area contributed by atoms with Crippen molar-refractivity contribution in [3.8, 4) is 5.75 Å². The van der Waals surface area contributed by atoms with Crippen molar-refractivity contribution in [3.05, 3.63) is 30.1 Å². The van der Waals surface area contributed by atoms with Crippen LogP contribution in [0.5, 0.6) is 5.75 Å². The molecular weight excluding hydrogens is 400 g/mol. The second-order valence-electron chi connectivity index (χ2n) is 8.13. The smallest absolute Gasteiger partial charge is 0.306 e. The van der Waals surface area contributed by atoms with Gasteiger partial charge >= 0.3 is 5.97 Å². The molecule has 160 valence electrons. The number of hydrogen-bond acceptors (Lipinski definition) is 7. The van der Waals surface area contributed by atoms with Crippen molar-refractivity contribution in [2.45, 2.75) is 49.1 Å². The summed E-state index contributed by atoms with van der Waals surface area (Å²) in [7, 11) is 1.72. The van der Waals surface area contributed by atoms with Crippen LogP contribution in [0.25, 0.3) is 0 Å². The Bertz CT molecular complexity index is 915. The zero-order valence-electron chi connectivity index (χ0n) is 17.4. The predicted molar refractivity (Wildman–Crippen MR) is 116 cm³/mol. The molecule has 4 rings (SSSR count). The minimum Gasteiger partial charge on any atom is -0.496 e. The van der Waals surface area contributed by atoms with Gasteiger partial charge in [0.1, 0.15) is 10.8 Å². The Balaban J connectivity index is 1.38. The number of ether oxygens (including phenoxy) is 1. The minimum atomic E-state index is -0.688. The molecule has 0 radical (unpaired) electrons. The van der Waals surface area contributed by atoms with Gasteiger partial charge in [-0.25, -0.2) is 9.97 Å². The summed E-state index contributed by atoms with van der Waals surface area (Å²) in [5.41, 5.74) is 2.20. The molecular formula is C22H28N4O3S. The maximum absolute atomic E-state index is 11.0. The molecule has 1 aromatic heterocycles. The van der Waals surface area contributed by atoms with Crippen LogP contribution < -0.4 is 10.1 Å². The maximum Gasteiger partial charge on any atom is 0.306 e. The predicted octanol–water partition coefficient (Wildman–Crippen LogP) is 4.41. The highest BCUT2D eigenvalue weighted by Gasteiger charge is 2.24. The van der Waals surface area contributed by atoms with Gasteiger partial charge in [0.15, 0.2) is 5.82 Å². The molecule has 1 saturated heterocycles. The fourth-order valence-corrected chi connectivity index (χ4v) is 5.01. The molecule has 7 nitrogen and oxygen atoms in total. The van der Waals surface area contributed by atoms with Gasteiger partial charge in [-0.15, -0.1) is 0 Å². The molecule has 0 spiro atoms. The molecule has 1 aromatic carbocycles. The van der Waals surface area contributed by atoms with E-state index in [9.17, 15) is 4.79 Å². The summed E-state index contributed by atoms with van der Waals surface area (Å²) >= 11 is 1.61. The molecule has 0 bridgehead atoms. The van der Waals surface area contributed by atoms with Crippen LogP contribution in [-0.4, -0.2) is 46.1 Å². The lowest BCUT2D eigenvalue weighted by Gasteiger charge is -2.33. The van der Waals surface area contributed by atoms with E-state index in [1.165, 1.54) is 0 Å². The van der Waals surface area contributed by atoms with E-state index in [0.29, 0.717) is 5.92 Å². The Labute approximate surface area is 181 Å². The van der Waals surface area contributed by atoms with E-state index in [2.05, 4.69) is 32.3 Å². The maximum atomic E-state index is 11.0. The standard InChI is InChI=1S/C22H28N4O3S/c1-14(22(27)28)3-4-15-5-9-26(10-6-15)13-16-11-17-19(12-18(16)29-2)30-21-20(25-17)23-7-8-24-21/h7-8,11-12,14-15H,3-6,9-10,13H2,1-2H3,(H,23,25)(H,27,28). The average Bonchev–Trinajstić information content (AvgIpc) is 2.76. The van der Waals surface area contributed by atoms with Gasteiger partial charge in [0.05, 0.1) is 18.7 Å². The molecule has 2 N–H and O–H groups in total. The van der Waals surface area contributed by atoms with E-state index in [1.807, 2.05) is 0 Å². The van der Waals surface area contributed by atoms with Crippen molar-refractivity contribution >= 4 is 29.2 Å². The number of carboxylic acid groups (broad SMARTS) is 1. The summed E-state index contributed by atoms with van der Waals surface area (Å²) in [5.74, 6) is 1.38. The highest BCUT2D eigenvalue weighted by Crippen LogP contribution is 2.44. The molecule has 0 aliphatic carbocycles. The third-order valence-electron chi connectivity index (χ3n) is 6.04. The summed E-state index contributed by atoms with van der Waals surface area (Å²) in [4.78, 5) is 23.4. The SMILES string of the molecule is COc1cc2c(cc1CN1CCC(CCC(C)C(=O)O)CC1)Nc1nccnc1S2. The molecule has 2 aromatic rings. The third kappa shape index (κ3) is 4.70. The highest BCUT2D eigenvalue weighted by atomic mass is 32.2. The van der Waals surface area contributed by atoms with Crippen molar-refractivity contribution in [1.29, 1.82) is 0 Å². The van der Waals surface area contributed by atoms with Crippen molar-refractivity contribution < 1.29 is 14.6 Å². The largest absolute Gasteiger partial charge is 0.496 e. The summed E-state index contributed by atoms with van der Waals surface area (Å²) < 4.78 is 5.69. The molecule has 2 aliphatic rings. The summed E-state index contributed by atoms with van der Waals surface area (Å²) in [6, 6.07) is 4.25. The Hall–Kier alpha value is -2.32. The number of aliphatic carboxylic acids is 1. The summed E-state index contributed by atoms with van der Waals surface area (Å²) in [6.45, 7) is 4.70. The average molecular weight is 429 g/mol. The summed E-state index contributed by atoms with van der Waals surface area (Å²) in [5, 5.41) is 13.3. The van der Waals surface area contributed by atoms with Gasteiger partial charge in [-0.05, 0) is 56.8 Å². The minimum absolute atomic E-state index is 0.247. The first-order chi connectivity index (χ1) is 14.5.